The Hall–Kier alpha value is -1.36. The van der Waals surface area contributed by atoms with Gasteiger partial charge in [-0.1, -0.05) is 41.5 Å². The quantitative estimate of drug-likeness (QED) is 0.843. The van der Waals surface area contributed by atoms with E-state index in [-0.39, 0.29) is 16.3 Å². The van der Waals surface area contributed by atoms with Crippen LogP contribution in [0.4, 0.5) is 4.39 Å². The minimum atomic E-state index is -0.543. The molecule has 19 heavy (non-hydrogen) atoms. The Kier molecular flexibility index (Phi) is 4.24. The molecule has 98 valence electrons. The van der Waals surface area contributed by atoms with Crippen LogP contribution in [-0.4, -0.2) is 4.99 Å². The zero-order valence-corrected chi connectivity index (χ0v) is 11.8. The SMILES string of the molecule is NC(=S)c1c(F)cccc1Oc1cc(Cl)cc(Cl)c1. The molecule has 0 radical (unpaired) electrons. The highest BCUT2D eigenvalue weighted by molar-refractivity contribution is 7.80. The minimum absolute atomic E-state index is 0.0496. The van der Waals surface area contributed by atoms with Crippen molar-refractivity contribution < 1.29 is 9.13 Å². The smallest absolute Gasteiger partial charge is 0.140 e. The van der Waals surface area contributed by atoms with Gasteiger partial charge in [0.05, 0.1) is 5.56 Å². The van der Waals surface area contributed by atoms with Gasteiger partial charge in [0, 0.05) is 10.0 Å². The second-order valence-electron chi connectivity index (χ2n) is 3.68. The van der Waals surface area contributed by atoms with Crippen LogP contribution in [0.3, 0.4) is 0 Å². The average molecular weight is 316 g/mol. The third kappa shape index (κ3) is 3.35. The van der Waals surface area contributed by atoms with Gasteiger partial charge in [-0.25, -0.2) is 4.39 Å². The van der Waals surface area contributed by atoms with Crippen LogP contribution in [-0.2, 0) is 0 Å². The minimum Gasteiger partial charge on any atom is -0.456 e. The number of hydrogen-bond donors (Lipinski definition) is 1. The van der Waals surface area contributed by atoms with Gasteiger partial charge in [-0.05, 0) is 30.3 Å². The first kappa shape index (κ1) is 14.1. The number of halogens is 3. The van der Waals surface area contributed by atoms with Gasteiger partial charge >= 0.3 is 0 Å². The van der Waals surface area contributed by atoms with Gasteiger partial charge in [-0.3, -0.25) is 0 Å². The van der Waals surface area contributed by atoms with Crippen molar-refractivity contribution in [2.75, 3.05) is 0 Å². The molecule has 0 aliphatic carbocycles. The molecule has 0 amide bonds. The lowest BCUT2D eigenvalue weighted by atomic mass is 10.2. The lowest BCUT2D eigenvalue weighted by Gasteiger charge is -2.11. The molecule has 0 aromatic heterocycles. The molecule has 2 rings (SSSR count). The summed E-state index contributed by atoms with van der Waals surface area (Å²) in [6, 6.07) is 9.00. The van der Waals surface area contributed by atoms with E-state index in [0.29, 0.717) is 15.8 Å². The number of hydrogen-bond acceptors (Lipinski definition) is 2. The summed E-state index contributed by atoms with van der Waals surface area (Å²) in [7, 11) is 0. The van der Waals surface area contributed by atoms with Crippen LogP contribution in [0.5, 0.6) is 11.5 Å². The molecule has 2 aromatic rings. The first-order chi connectivity index (χ1) is 8.97. The van der Waals surface area contributed by atoms with E-state index in [1.807, 2.05) is 0 Å². The zero-order valence-electron chi connectivity index (χ0n) is 9.49. The standard InChI is InChI=1S/C13H8Cl2FNOS/c14-7-4-8(15)6-9(5-7)18-11-3-1-2-10(16)12(11)13(17)19/h1-6H,(H2,17,19). The van der Waals surface area contributed by atoms with Crippen LogP contribution >= 0.6 is 35.4 Å². The van der Waals surface area contributed by atoms with Crippen molar-refractivity contribution in [2.45, 2.75) is 0 Å². The predicted molar refractivity (Wildman–Crippen MR) is 78.8 cm³/mol. The van der Waals surface area contributed by atoms with Crippen LogP contribution in [0.15, 0.2) is 36.4 Å². The molecule has 6 heteroatoms. The van der Waals surface area contributed by atoms with Crippen LogP contribution in [0.2, 0.25) is 10.0 Å². The number of thiocarbonyl (C=S) groups is 1. The lowest BCUT2D eigenvalue weighted by Crippen LogP contribution is -2.13. The molecule has 2 N–H and O–H groups in total. The third-order valence-electron chi connectivity index (χ3n) is 2.29. The third-order valence-corrected chi connectivity index (χ3v) is 2.93. The Morgan fingerprint density at radius 3 is 2.37 bits per heavy atom. The fourth-order valence-corrected chi connectivity index (χ4v) is 2.25. The molecule has 0 unspecified atom stereocenters. The van der Waals surface area contributed by atoms with Gasteiger partial charge in [0.1, 0.15) is 22.3 Å². The van der Waals surface area contributed by atoms with E-state index in [2.05, 4.69) is 0 Å². The van der Waals surface area contributed by atoms with Crippen molar-refractivity contribution in [1.82, 2.24) is 0 Å². The topological polar surface area (TPSA) is 35.2 Å². The average Bonchev–Trinajstić information content (AvgIpc) is 2.26. The van der Waals surface area contributed by atoms with Gasteiger partial charge in [0.15, 0.2) is 0 Å². The number of benzene rings is 2. The molecule has 0 heterocycles. The molecular weight excluding hydrogens is 308 g/mol. The number of ether oxygens (including phenoxy) is 1. The van der Waals surface area contributed by atoms with Gasteiger partial charge in [-0.15, -0.1) is 0 Å². The molecule has 0 fully saturated rings. The second-order valence-corrected chi connectivity index (χ2v) is 5.00. The molecule has 0 bridgehead atoms. The van der Waals surface area contributed by atoms with Gasteiger partial charge < -0.3 is 10.5 Å². The van der Waals surface area contributed by atoms with Crippen LogP contribution < -0.4 is 10.5 Å². The number of nitrogens with two attached hydrogens (primary N) is 1. The first-order valence-corrected chi connectivity index (χ1v) is 6.36. The highest BCUT2D eigenvalue weighted by atomic mass is 35.5. The van der Waals surface area contributed by atoms with E-state index >= 15 is 0 Å². The van der Waals surface area contributed by atoms with Gasteiger partial charge in [0.25, 0.3) is 0 Å². The van der Waals surface area contributed by atoms with Gasteiger partial charge in [0.2, 0.25) is 0 Å². The monoisotopic (exact) mass is 315 g/mol. The molecule has 2 nitrogen and oxygen atoms in total. The Morgan fingerprint density at radius 1 is 1.16 bits per heavy atom. The van der Waals surface area contributed by atoms with E-state index in [9.17, 15) is 4.39 Å². The highest BCUT2D eigenvalue weighted by Crippen LogP contribution is 2.31. The van der Waals surface area contributed by atoms with Crippen molar-refractivity contribution in [3.05, 3.63) is 57.8 Å². The molecule has 0 atom stereocenters. The summed E-state index contributed by atoms with van der Waals surface area (Å²) in [6.07, 6.45) is 0. The van der Waals surface area contributed by atoms with E-state index in [4.69, 9.17) is 45.9 Å². The van der Waals surface area contributed by atoms with E-state index in [1.54, 1.807) is 24.3 Å². The normalized spacial score (nSPS) is 10.3. The van der Waals surface area contributed by atoms with Crippen molar-refractivity contribution in [2.24, 2.45) is 5.73 Å². The maximum absolute atomic E-state index is 13.7. The maximum Gasteiger partial charge on any atom is 0.140 e. The fourth-order valence-electron chi connectivity index (χ4n) is 1.54. The van der Waals surface area contributed by atoms with E-state index in [0.717, 1.165) is 0 Å². The highest BCUT2D eigenvalue weighted by Gasteiger charge is 2.13. The van der Waals surface area contributed by atoms with Gasteiger partial charge in [-0.2, -0.15) is 0 Å². The molecule has 0 aliphatic rings. The Balaban J connectivity index is 2.43. The fraction of sp³-hybridized carbons (Fsp3) is 0. The second kappa shape index (κ2) is 5.74. The van der Waals surface area contributed by atoms with Crippen LogP contribution in [0.1, 0.15) is 5.56 Å². The predicted octanol–water partition coefficient (Wildman–Crippen LogP) is 4.56. The summed E-state index contributed by atoms with van der Waals surface area (Å²) in [6.45, 7) is 0. The van der Waals surface area contributed by atoms with Crippen LogP contribution in [0, 0.1) is 5.82 Å². The summed E-state index contributed by atoms with van der Waals surface area (Å²) in [5, 5.41) is 0.826. The molecular formula is C13H8Cl2FNOS. The van der Waals surface area contributed by atoms with E-state index in [1.165, 1.54) is 12.1 Å². The summed E-state index contributed by atoms with van der Waals surface area (Å²) < 4.78 is 19.2. The van der Waals surface area contributed by atoms with Crippen molar-refractivity contribution >= 4 is 40.4 Å². The molecule has 0 spiro atoms. The number of rotatable bonds is 3. The van der Waals surface area contributed by atoms with Crippen molar-refractivity contribution in [1.29, 1.82) is 0 Å². The van der Waals surface area contributed by atoms with Crippen molar-refractivity contribution in [3.8, 4) is 11.5 Å². The summed E-state index contributed by atoms with van der Waals surface area (Å²) in [4.78, 5) is -0.0822. The molecule has 2 aromatic carbocycles. The first-order valence-electron chi connectivity index (χ1n) is 5.19. The largest absolute Gasteiger partial charge is 0.456 e. The zero-order chi connectivity index (χ0) is 14.0. The Bertz CT molecular complexity index is 628. The van der Waals surface area contributed by atoms with E-state index < -0.39 is 5.82 Å². The Morgan fingerprint density at radius 2 is 1.79 bits per heavy atom. The Labute approximate surface area is 124 Å². The summed E-state index contributed by atoms with van der Waals surface area (Å²) in [5.74, 6) is 0.0459. The maximum atomic E-state index is 13.7. The van der Waals surface area contributed by atoms with Crippen molar-refractivity contribution in [3.63, 3.8) is 0 Å². The lowest BCUT2D eigenvalue weighted by molar-refractivity contribution is 0.475. The molecule has 0 saturated carbocycles. The van der Waals surface area contributed by atoms with Crippen LogP contribution in [0.25, 0.3) is 0 Å². The summed E-state index contributed by atoms with van der Waals surface area (Å²) >= 11 is 16.5. The molecule has 0 aliphatic heterocycles. The molecule has 0 saturated heterocycles. The summed E-state index contributed by atoms with van der Waals surface area (Å²) in [5.41, 5.74) is 5.54.